The summed E-state index contributed by atoms with van der Waals surface area (Å²) in [5, 5.41) is 9.18. The van der Waals surface area contributed by atoms with Crippen LogP contribution in [0.2, 0.25) is 0 Å². The lowest BCUT2D eigenvalue weighted by Gasteiger charge is -2.25. The Kier molecular flexibility index (Phi) is 3.53. The highest BCUT2D eigenvalue weighted by molar-refractivity contribution is 5.63. The minimum atomic E-state index is 0.620. The van der Waals surface area contributed by atoms with Gasteiger partial charge in [-0.15, -0.1) is 0 Å². The van der Waals surface area contributed by atoms with Crippen molar-refractivity contribution in [2.24, 2.45) is 0 Å². The van der Waals surface area contributed by atoms with Crippen LogP contribution in [0.3, 0.4) is 0 Å². The Morgan fingerprint density at radius 2 is 2.24 bits per heavy atom. The van der Waals surface area contributed by atoms with Crippen LogP contribution in [0.15, 0.2) is 18.2 Å². The standard InChI is InChI=1S/C14H18N2O/c1-3-8-16(12-5-6-12)14-9-13(17-2)7-4-11(14)10-15/h4,7,9,12H,3,5-6,8H2,1-2H3. The van der Waals surface area contributed by atoms with Crippen LogP contribution in [-0.2, 0) is 0 Å². The largest absolute Gasteiger partial charge is 0.497 e. The number of hydrogen-bond donors (Lipinski definition) is 0. The highest BCUT2D eigenvalue weighted by atomic mass is 16.5. The van der Waals surface area contributed by atoms with Crippen LogP contribution in [0.1, 0.15) is 31.7 Å². The maximum Gasteiger partial charge on any atom is 0.121 e. The third-order valence-electron chi connectivity index (χ3n) is 3.09. The quantitative estimate of drug-likeness (QED) is 0.780. The second-order valence-electron chi connectivity index (χ2n) is 4.42. The van der Waals surface area contributed by atoms with E-state index in [1.54, 1.807) is 7.11 Å². The van der Waals surface area contributed by atoms with Gasteiger partial charge in [0, 0.05) is 18.7 Å². The number of rotatable bonds is 5. The molecule has 1 fully saturated rings. The first-order valence-electron chi connectivity index (χ1n) is 6.15. The maximum atomic E-state index is 9.18. The van der Waals surface area contributed by atoms with Crippen molar-refractivity contribution in [2.75, 3.05) is 18.6 Å². The number of anilines is 1. The molecule has 90 valence electrons. The molecule has 0 unspecified atom stereocenters. The molecule has 1 aromatic rings. The second kappa shape index (κ2) is 5.09. The van der Waals surface area contributed by atoms with Crippen molar-refractivity contribution in [1.82, 2.24) is 0 Å². The van der Waals surface area contributed by atoms with E-state index < -0.39 is 0 Å². The topological polar surface area (TPSA) is 36.3 Å². The van der Waals surface area contributed by atoms with Gasteiger partial charge in [0.05, 0.1) is 18.4 Å². The first-order chi connectivity index (χ1) is 8.30. The Morgan fingerprint density at radius 1 is 1.47 bits per heavy atom. The number of hydrogen-bond acceptors (Lipinski definition) is 3. The highest BCUT2D eigenvalue weighted by Gasteiger charge is 2.30. The van der Waals surface area contributed by atoms with Crippen molar-refractivity contribution in [3.8, 4) is 11.8 Å². The van der Waals surface area contributed by atoms with Crippen molar-refractivity contribution in [2.45, 2.75) is 32.2 Å². The summed E-state index contributed by atoms with van der Waals surface area (Å²) in [6, 6.07) is 8.56. The van der Waals surface area contributed by atoms with Gasteiger partial charge < -0.3 is 9.64 Å². The van der Waals surface area contributed by atoms with Gasteiger partial charge in [0.2, 0.25) is 0 Å². The molecule has 0 aliphatic heterocycles. The van der Waals surface area contributed by atoms with Gasteiger partial charge in [-0.05, 0) is 31.4 Å². The van der Waals surface area contributed by atoms with Gasteiger partial charge in [-0.1, -0.05) is 6.92 Å². The van der Waals surface area contributed by atoms with Gasteiger partial charge in [-0.3, -0.25) is 0 Å². The summed E-state index contributed by atoms with van der Waals surface area (Å²) in [7, 11) is 1.66. The lowest BCUT2D eigenvalue weighted by molar-refractivity contribution is 0.414. The Balaban J connectivity index is 2.35. The predicted octanol–water partition coefficient (Wildman–Crippen LogP) is 2.95. The molecule has 1 aliphatic rings. The van der Waals surface area contributed by atoms with Crippen molar-refractivity contribution >= 4 is 5.69 Å². The van der Waals surface area contributed by atoms with E-state index in [9.17, 15) is 5.26 Å². The number of nitrogens with zero attached hydrogens (tertiary/aromatic N) is 2. The molecular weight excluding hydrogens is 212 g/mol. The van der Waals surface area contributed by atoms with E-state index in [0.717, 1.165) is 30.0 Å². The Bertz CT molecular complexity index is 432. The van der Waals surface area contributed by atoms with Crippen LogP contribution in [-0.4, -0.2) is 19.7 Å². The summed E-state index contributed by atoms with van der Waals surface area (Å²) >= 11 is 0. The van der Waals surface area contributed by atoms with E-state index in [-0.39, 0.29) is 0 Å². The van der Waals surface area contributed by atoms with E-state index in [1.165, 1.54) is 12.8 Å². The first kappa shape index (κ1) is 11.8. The lowest BCUT2D eigenvalue weighted by atomic mass is 10.1. The van der Waals surface area contributed by atoms with Crippen LogP contribution in [0.5, 0.6) is 5.75 Å². The molecule has 0 spiro atoms. The average Bonchev–Trinajstić information content (AvgIpc) is 3.19. The molecule has 0 saturated heterocycles. The Morgan fingerprint density at radius 3 is 2.76 bits per heavy atom. The fourth-order valence-electron chi connectivity index (χ4n) is 2.10. The minimum Gasteiger partial charge on any atom is -0.497 e. The van der Waals surface area contributed by atoms with Crippen molar-refractivity contribution in [3.05, 3.63) is 23.8 Å². The van der Waals surface area contributed by atoms with Gasteiger partial charge in [0.25, 0.3) is 0 Å². The molecule has 0 aromatic heterocycles. The fourth-order valence-corrected chi connectivity index (χ4v) is 2.10. The summed E-state index contributed by atoms with van der Waals surface area (Å²) in [5.74, 6) is 0.820. The van der Waals surface area contributed by atoms with Crippen LogP contribution >= 0.6 is 0 Å². The van der Waals surface area contributed by atoms with Gasteiger partial charge in [-0.2, -0.15) is 5.26 Å². The molecular formula is C14H18N2O. The van der Waals surface area contributed by atoms with E-state index in [0.29, 0.717) is 6.04 Å². The maximum absolute atomic E-state index is 9.18. The van der Waals surface area contributed by atoms with Crippen LogP contribution in [0, 0.1) is 11.3 Å². The van der Waals surface area contributed by atoms with Crippen LogP contribution in [0.25, 0.3) is 0 Å². The Labute approximate surface area is 103 Å². The molecule has 1 saturated carbocycles. The minimum absolute atomic E-state index is 0.620. The van der Waals surface area contributed by atoms with Crippen molar-refractivity contribution in [1.29, 1.82) is 5.26 Å². The number of benzene rings is 1. The molecule has 3 heteroatoms. The molecule has 0 radical (unpaired) electrons. The smallest absolute Gasteiger partial charge is 0.121 e. The zero-order chi connectivity index (χ0) is 12.3. The van der Waals surface area contributed by atoms with Gasteiger partial charge >= 0.3 is 0 Å². The zero-order valence-corrected chi connectivity index (χ0v) is 10.4. The monoisotopic (exact) mass is 230 g/mol. The molecule has 1 aliphatic carbocycles. The number of methoxy groups -OCH3 is 1. The SMILES string of the molecule is CCCN(c1cc(OC)ccc1C#N)C1CC1. The van der Waals surface area contributed by atoms with Crippen molar-refractivity contribution < 1.29 is 4.74 Å². The van der Waals surface area contributed by atoms with Gasteiger partial charge in [0.15, 0.2) is 0 Å². The molecule has 17 heavy (non-hydrogen) atoms. The van der Waals surface area contributed by atoms with Crippen LogP contribution < -0.4 is 9.64 Å². The van der Waals surface area contributed by atoms with E-state index >= 15 is 0 Å². The molecule has 0 atom stereocenters. The summed E-state index contributed by atoms with van der Waals surface area (Å²) < 4.78 is 5.25. The molecule has 0 heterocycles. The zero-order valence-electron chi connectivity index (χ0n) is 10.4. The fraction of sp³-hybridized carbons (Fsp3) is 0.500. The highest BCUT2D eigenvalue weighted by Crippen LogP contribution is 2.35. The molecule has 3 nitrogen and oxygen atoms in total. The summed E-state index contributed by atoms with van der Waals surface area (Å²) in [5.41, 5.74) is 1.77. The normalized spacial score (nSPS) is 14.2. The van der Waals surface area contributed by atoms with E-state index in [1.807, 2.05) is 18.2 Å². The van der Waals surface area contributed by atoms with Gasteiger partial charge in [-0.25, -0.2) is 0 Å². The molecule has 1 aromatic carbocycles. The second-order valence-corrected chi connectivity index (χ2v) is 4.42. The van der Waals surface area contributed by atoms with Gasteiger partial charge in [0.1, 0.15) is 11.8 Å². The number of ether oxygens (including phenoxy) is 1. The third-order valence-corrected chi connectivity index (χ3v) is 3.09. The Hall–Kier alpha value is -1.69. The molecule has 2 rings (SSSR count). The first-order valence-corrected chi connectivity index (χ1v) is 6.15. The molecule has 0 amide bonds. The predicted molar refractivity (Wildman–Crippen MR) is 68.4 cm³/mol. The van der Waals surface area contributed by atoms with Crippen LogP contribution in [0.4, 0.5) is 5.69 Å². The molecule has 0 bridgehead atoms. The lowest BCUT2D eigenvalue weighted by Crippen LogP contribution is -2.27. The summed E-state index contributed by atoms with van der Waals surface area (Å²) in [4.78, 5) is 2.35. The van der Waals surface area contributed by atoms with E-state index in [2.05, 4.69) is 17.9 Å². The third kappa shape index (κ3) is 2.52. The number of nitriles is 1. The summed E-state index contributed by atoms with van der Waals surface area (Å²) in [6.45, 7) is 3.17. The molecule has 0 N–H and O–H groups in total. The van der Waals surface area contributed by atoms with Crippen molar-refractivity contribution in [3.63, 3.8) is 0 Å². The summed E-state index contributed by atoms with van der Waals surface area (Å²) in [6.07, 6.45) is 3.57. The average molecular weight is 230 g/mol. The van der Waals surface area contributed by atoms with E-state index in [4.69, 9.17) is 4.74 Å².